The number of carbonyl (C=O) groups is 2. The van der Waals surface area contributed by atoms with Crippen molar-refractivity contribution in [3.05, 3.63) is 71.3 Å². The van der Waals surface area contributed by atoms with Crippen molar-refractivity contribution in [1.29, 1.82) is 0 Å². The number of ether oxygens (including phenoxy) is 2. The first kappa shape index (κ1) is 19.0. The lowest BCUT2D eigenvalue weighted by Gasteiger charge is -2.16. The molecular weight excluding hydrogens is 366 g/mol. The van der Waals surface area contributed by atoms with Gasteiger partial charge >= 0.3 is 5.97 Å². The number of benzene rings is 2. The van der Waals surface area contributed by atoms with E-state index in [0.29, 0.717) is 29.3 Å². The Morgan fingerprint density at radius 1 is 1.04 bits per heavy atom. The number of nitrogens with zero attached hydrogens (tertiary/aromatic N) is 1. The summed E-state index contributed by atoms with van der Waals surface area (Å²) >= 11 is 5.81. The summed E-state index contributed by atoms with van der Waals surface area (Å²) in [6.07, 6.45) is 0.700. The molecule has 1 aliphatic rings. The molecule has 1 heterocycles. The summed E-state index contributed by atoms with van der Waals surface area (Å²) in [6, 6.07) is 14.4. The van der Waals surface area contributed by atoms with Crippen molar-refractivity contribution in [1.82, 2.24) is 4.90 Å². The molecule has 3 rings (SSSR count). The van der Waals surface area contributed by atoms with Crippen molar-refractivity contribution in [2.45, 2.75) is 12.8 Å². The smallest absolute Gasteiger partial charge is 0.307 e. The van der Waals surface area contributed by atoms with Crippen LogP contribution < -0.4 is 4.74 Å². The van der Waals surface area contributed by atoms with E-state index in [1.165, 1.54) is 4.90 Å². The summed E-state index contributed by atoms with van der Waals surface area (Å²) in [7, 11) is 0. The van der Waals surface area contributed by atoms with Crippen LogP contribution in [-0.4, -0.2) is 36.5 Å². The molecule has 0 saturated carbocycles. The van der Waals surface area contributed by atoms with Gasteiger partial charge < -0.3 is 14.4 Å². The minimum absolute atomic E-state index is 0.122. The van der Waals surface area contributed by atoms with Gasteiger partial charge in [-0.25, -0.2) is 0 Å². The van der Waals surface area contributed by atoms with Gasteiger partial charge in [-0.2, -0.15) is 0 Å². The molecule has 0 fully saturated rings. The molecule has 0 spiro atoms. The normalized spacial score (nSPS) is 12.9. The molecule has 0 saturated heterocycles. The number of esters is 1. The van der Waals surface area contributed by atoms with E-state index in [1.54, 1.807) is 30.3 Å². The average molecular weight is 386 g/mol. The summed E-state index contributed by atoms with van der Waals surface area (Å²) in [5.41, 5.74) is 2.06. The Kier molecular flexibility index (Phi) is 6.14. The van der Waals surface area contributed by atoms with Crippen molar-refractivity contribution in [3.8, 4) is 5.75 Å². The van der Waals surface area contributed by atoms with Crippen LogP contribution in [0.4, 0.5) is 0 Å². The third-order valence-corrected chi connectivity index (χ3v) is 4.46. The van der Waals surface area contributed by atoms with Crippen molar-refractivity contribution in [2.75, 3.05) is 19.8 Å². The van der Waals surface area contributed by atoms with Gasteiger partial charge in [-0.05, 0) is 30.3 Å². The number of fused-ring (bicyclic) bond motifs is 1. The maximum atomic E-state index is 12.4. The molecule has 5 nitrogen and oxygen atoms in total. The molecule has 1 aliphatic heterocycles. The molecule has 2 aromatic rings. The zero-order valence-corrected chi connectivity index (χ0v) is 15.6. The number of halogens is 1. The molecule has 0 unspecified atom stereocenters. The van der Waals surface area contributed by atoms with Gasteiger partial charge in [0, 0.05) is 34.8 Å². The lowest BCUT2D eigenvalue weighted by molar-refractivity contribution is -0.143. The Hall–Kier alpha value is -2.79. The van der Waals surface area contributed by atoms with Crippen molar-refractivity contribution < 1.29 is 19.1 Å². The molecule has 2 aromatic carbocycles. The van der Waals surface area contributed by atoms with Crippen LogP contribution in [0.3, 0.4) is 0 Å². The van der Waals surface area contributed by atoms with E-state index in [0.717, 1.165) is 11.3 Å². The quantitative estimate of drug-likeness (QED) is 0.505. The first-order chi connectivity index (χ1) is 13.1. The summed E-state index contributed by atoms with van der Waals surface area (Å²) in [5, 5.41) is 0.651. The van der Waals surface area contributed by atoms with Gasteiger partial charge in [0.1, 0.15) is 5.75 Å². The molecule has 27 heavy (non-hydrogen) atoms. The fourth-order valence-corrected chi connectivity index (χ4v) is 2.94. The van der Waals surface area contributed by atoms with Crippen LogP contribution in [0.5, 0.6) is 5.75 Å². The second kappa shape index (κ2) is 8.73. The Balaban J connectivity index is 1.35. The van der Waals surface area contributed by atoms with Crippen LogP contribution in [0.1, 0.15) is 28.8 Å². The third kappa shape index (κ3) is 4.68. The van der Waals surface area contributed by atoms with Crippen LogP contribution in [0.15, 0.2) is 55.1 Å². The molecule has 6 heteroatoms. The molecule has 0 N–H and O–H groups in total. The van der Waals surface area contributed by atoms with Crippen molar-refractivity contribution >= 4 is 29.2 Å². The summed E-state index contributed by atoms with van der Waals surface area (Å²) in [5.74, 6) is 0.245. The predicted molar refractivity (Wildman–Crippen MR) is 104 cm³/mol. The Morgan fingerprint density at radius 3 is 2.44 bits per heavy atom. The number of carbonyl (C=O) groups excluding carboxylic acids is 2. The highest BCUT2D eigenvalue weighted by Gasteiger charge is 2.30. The Morgan fingerprint density at radius 2 is 1.74 bits per heavy atom. The highest BCUT2D eigenvalue weighted by Crippen LogP contribution is 2.31. The summed E-state index contributed by atoms with van der Waals surface area (Å²) in [6.45, 7) is 4.91. The van der Waals surface area contributed by atoms with E-state index >= 15 is 0 Å². The Labute approximate surface area is 163 Å². The third-order valence-electron chi connectivity index (χ3n) is 4.21. The molecule has 140 valence electrons. The van der Waals surface area contributed by atoms with E-state index in [-0.39, 0.29) is 31.4 Å². The average Bonchev–Trinajstić information content (AvgIpc) is 2.92. The topological polar surface area (TPSA) is 55.8 Å². The highest BCUT2D eigenvalue weighted by molar-refractivity contribution is 6.30. The molecule has 0 atom stereocenters. The van der Waals surface area contributed by atoms with Gasteiger partial charge in [-0.15, -0.1) is 0 Å². The first-order valence-electron chi connectivity index (χ1n) is 8.70. The largest absolute Gasteiger partial charge is 0.493 e. The van der Waals surface area contributed by atoms with Gasteiger partial charge in [-0.1, -0.05) is 36.4 Å². The van der Waals surface area contributed by atoms with Gasteiger partial charge in [0.2, 0.25) is 0 Å². The summed E-state index contributed by atoms with van der Waals surface area (Å²) in [4.78, 5) is 25.8. The number of hydrogen-bond donors (Lipinski definition) is 0. The minimum Gasteiger partial charge on any atom is -0.493 e. The van der Waals surface area contributed by atoms with E-state index in [1.807, 2.05) is 18.2 Å². The zero-order chi connectivity index (χ0) is 19.2. The fourth-order valence-electron chi connectivity index (χ4n) is 2.81. The van der Waals surface area contributed by atoms with Crippen LogP contribution in [0.25, 0.3) is 5.70 Å². The summed E-state index contributed by atoms with van der Waals surface area (Å²) < 4.78 is 10.7. The second-order valence-corrected chi connectivity index (χ2v) is 6.51. The fraction of sp³-hybridized carbons (Fsp3) is 0.238. The highest BCUT2D eigenvalue weighted by atomic mass is 35.5. The Bertz CT molecular complexity index is 813. The SMILES string of the molecule is C=C1c2ccccc2C(=O)N1CCC(=O)OCCCOc1ccc(Cl)cc1. The lowest BCUT2D eigenvalue weighted by atomic mass is 10.1. The van der Waals surface area contributed by atoms with E-state index in [4.69, 9.17) is 21.1 Å². The van der Waals surface area contributed by atoms with Crippen molar-refractivity contribution in [2.24, 2.45) is 0 Å². The van der Waals surface area contributed by atoms with Gasteiger partial charge in [0.15, 0.2) is 0 Å². The van der Waals surface area contributed by atoms with Crippen LogP contribution >= 0.6 is 11.6 Å². The van der Waals surface area contributed by atoms with Gasteiger partial charge in [-0.3, -0.25) is 9.59 Å². The maximum absolute atomic E-state index is 12.4. The van der Waals surface area contributed by atoms with Crippen LogP contribution in [-0.2, 0) is 9.53 Å². The lowest BCUT2D eigenvalue weighted by Crippen LogP contribution is -2.26. The predicted octanol–water partition coefficient (Wildman–Crippen LogP) is 4.17. The number of hydrogen-bond acceptors (Lipinski definition) is 4. The standard InChI is InChI=1S/C21H20ClNO4/c1-15-18-5-2-3-6-19(18)21(25)23(15)12-11-20(24)27-14-4-13-26-17-9-7-16(22)8-10-17/h2-3,5-10H,1,4,11-14H2. The monoisotopic (exact) mass is 385 g/mol. The maximum Gasteiger partial charge on any atom is 0.307 e. The molecule has 0 radical (unpaired) electrons. The molecule has 0 aromatic heterocycles. The van der Waals surface area contributed by atoms with Crippen LogP contribution in [0, 0.1) is 0 Å². The van der Waals surface area contributed by atoms with Gasteiger partial charge in [0.05, 0.1) is 19.6 Å². The second-order valence-electron chi connectivity index (χ2n) is 6.08. The minimum atomic E-state index is -0.349. The van der Waals surface area contributed by atoms with E-state index < -0.39 is 0 Å². The molecule has 0 aliphatic carbocycles. The number of amides is 1. The zero-order valence-electron chi connectivity index (χ0n) is 14.8. The molecular formula is C21H20ClNO4. The van der Waals surface area contributed by atoms with Gasteiger partial charge in [0.25, 0.3) is 5.91 Å². The first-order valence-corrected chi connectivity index (χ1v) is 9.08. The van der Waals surface area contributed by atoms with Crippen LogP contribution in [0.2, 0.25) is 5.02 Å². The molecule has 1 amide bonds. The van der Waals surface area contributed by atoms with E-state index in [2.05, 4.69) is 6.58 Å². The van der Waals surface area contributed by atoms with Crippen molar-refractivity contribution in [3.63, 3.8) is 0 Å². The number of rotatable bonds is 8. The van der Waals surface area contributed by atoms with E-state index in [9.17, 15) is 9.59 Å². The molecule has 0 bridgehead atoms.